The van der Waals surface area contributed by atoms with Crippen LogP contribution in [0.3, 0.4) is 0 Å². The maximum Gasteiger partial charge on any atom is 0.305 e. The maximum atomic E-state index is 12.4. The van der Waals surface area contributed by atoms with E-state index >= 15 is 0 Å². The van der Waals surface area contributed by atoms with Crippen molar-refractivity contribution in [3.63, 3.8) is 0 Å². The predicted molar refractivity (Wildman–Crippen MR) is 150 cm³/mol. The highest BCUT2D eigenvalue weighted by Crippen LogP contribution is 2.27. The van der Waals surface area contributed by atoms with Gasteiger partial charge in [-0.25, -0.2) is 0 Å². The van der Waals surface area contributed by atoms with Gasteiger partial charge >= 0.3 is 5.97 Å². The molecule has 0 heterocycles. The number of nitrogens with zero attached hydrogens (tertiary/aromatic N) is 1. The van der Waals surface area contributed by atoms with Crippen LogP contribution >= 0.6 is 0 Å². The van der Waals surface area contributed by atoms with Crippen LogP contribution in [-0.4, -0.2) is 39.2 Å². The second-order valence-electron chi connectivity index (χ2n) is 8.88. The van der Waals surface area contributed by atoms with Crippen molar-refractivity contribution in [1.29, 1.82) is 0 Å². The van der Waals surface area contributed by atoms with Gasteiger partial charge in [-0.15, -0.1) is 0 Å². The van der Waals surface area contributed by atoms with Gasteiger partial charge in [-0.1, -0.05) is 30.3 Å². The molecule has 196 valence electrons. The van der Waals surface area contributed by atoms with Crippen LogP contribution in [0.1, 0.15) is 54.1 Å². The van der Waals surface area contributed by atoms with Gasteiger partial charge in [0.05, 0.1) is 13.2 Å². The molecule has 0 saturated carbocycles. The minimum atomic E-state index is -0.206. The van der Waals surface area contributed by atoms with Crippen LogP contribution in [0.2, 0.25) is 0 Å². The number of anilines is 2. The third-order valence-electron chi connectivity index (χ3n) is 6.31. The van der Waals surface area contributed by atoms with Crippen molar-refractivity contribution in [3.8, 4) is 5.75 Å². The van der Waals surface area contributed by atoms with Crippen molar-refractivity contribution in [3.05, 3.63) is 89.5 Å². The molecule has 1 N–H and O–H groups in total. The van der Waals surface area contributed by atoms with Gasteiger partial charge in [0.25, 0.3) is 5.91 Å². The van der Waals surface area contributed by atoms with E-state index in [2.05, 4.69) is 23.5 Å². The number of hydrogen-bond acceptors (Lipinski definition) is 5. The van der Waals surface area contributed by atoms with E-state index in [4.69, 9.17) is 9.47 Å². The summed E-state index contributed by atoms with van der Waals surface area (Å²) in [6.07, 6.45) is 6.19. The van der Waals surface area contributed by atoms with E-state index < -0.39 is 0 Å². The average Bonchev–Trinajstić information content (AvgIpc) is 2.95. The molecule has 0 unspecified atom stereocenters. The van der Waals surface area contributed by atoms with Crippen LogP contribution in [0, 0.1) is 0 Å². The monoisotopic (exact) mass is 502 g/mol. The highest BCUT2D eigenvalue weighted by Gasteiger charge is 2.13. The van der Waals surface area contributed by atoms with Gasteiger partial charge in [-0.2, -0.15) is 0 Å². The molecule has 1 amide bonds. The fourth-order valence-corrected chi connectivity index (χ4v) is 4.31. The minimum absolute atomic E-state index is 0.0660. The molecule has 3 aromatic rings. The van der Waals surface area contributed by atoms with Crippen molar-refractivity contribution in [2.24, 2.45) is 0 Å². The molecule has 6 heteroatoms. The first-order valence-electron chi connectivity index (χ1n) is 13.0. The van der Waals surface area contributed by atoms with Crippen LogP contribution in [0.25, 0.3) is 0 Å². The predicted octanol–water partition coefficient (Wildman–Crippen LogP) is 6.29. The number of esters is 1. The number of hydrogen-bond donors (Lipinski definition) is 1. The summed E-state index contributed by atoms with van der Waals surface area (Å²) in [7, 11) is 3.74. The number of ether oxygens (including phenoxy) is 2. The molecule has 0 spiro atoms. The topological polar surface area (TPSA) is 67.9 Å². The fraction of sp³-hybridized carbons (Fsp3) is 0.355. The minimum Gasteiger partial charge on any atom is -0.494 e. The summed E-state index contributed by atoms with van der Waals surface area (Å²) in [4.78, 5) is 25.2. The highest BCUT2D eigenvalue weighted by atomic mass is 16.5. The Hall–Kier alpha value is -3.80. The van der Waals surface area contributed by atoms with Crippen molar-refractivity contribution in [1.82, 2.24) is 0 Å². The molecule has 6 nitrogen and oxygen atoms in total. The Kier molecular flexibility index (Phi) is 11.0. The van der Waals surface area contributed by atoms with E-state index in [1.54, 1.807) is 42.1 Å². The summed E-state index contributed by atoms with van der Waals surface area (Å²) in [5.74, 6) is 0.430. The second kappa shape index (κ2) is 14.7. The molecular weight excluding hydrogens is 464 g/mol. The first kappa shape index (κ1) is 27.8. The molecule has 4 rings (SSSR count). The van der Waals surface area contributed by atoms with Gasteiger partial charge in [0.1, 0.15) is 5.75 Å². The SMILES string of the molecule is CCOC(=O)CCCOc1ccc(N(C)C(=O)c2ccccc2)cc1.CNc1cccc2c1CCCC2. The molecule has 0 fully saturated rings. The van der Waals surface area contributed by atoms with E-state index in [1.807, 2.05) is 49.5 Å². The Morgan fingerprint density at radius 3 is 2.35 bits per heavy atom. The lowest BCUT2D eigenvalue weighted by molar-refractivity contribution is -0.143. The van der Waals surface area contributed by atoms with Crippen LogP contribution in [0.15, 0.2) is 72.8 Å². The molecule has 0 saturated heterocycles. The van der Waals surface area contributed by atoms with Crippen molar-refractivity contribution >= 4 is 23.3 Å². The fourth-order valence-electron chi connectivity index (χ4n) is 4.31. The van der Waals surface area contributed by atoms with E-state index in [1.165, 1.54) is 31.4 Å². The largest absolute Gasteiger partial charge is 0.494 e. The lowest BCUT2D eigenvalue weighted by Crippen LogP contribution is -2.26. The number of aryl methyl sites for hydroxylation is 1. The van der Waals surface area contributed by atoms with Crippen LogP contribution in [-0.2, 0) is 22.4 Å². The maximum absolute atomic E-state index is 12.4. The molecular formula is C31H38N2O4. The summed E-state index contributed by atoms with van der Waals surface area (Å²) in [6.45, 7) is 2.63. The molecule has 1 aliphatic rings. The number of carbonyl (C=O) groups is 2. The smallest absolute Gasteiger partial charge is 0.305 e. The summed E-state index contributed by atoms with van der Waals surface area (Å²) in [5, 5.41) is 3.26. The van der Waals surface area contributed by atoms with Gasteiger partial charge in [0, 0.05) is 37.5 Å². The number of benzene rings is 3. The molecule has 37 heavy (non-hydrogen) atoms. The number of carbonyl (C=O) groups excluding carboxylic acids is 2. The third kappa shape index (κ3) is 8.38. The summed E-state index contributed by atoms with van der Waals surface area (Å²) < 4.78 is 10.5. The highest BCUT2D eigenvalue weighted by molar-refractivity contribution is 6.05. The number of nitrogens with one attached hydrogen (secondary N) is 1. The molecule has 0 aliphatic heterocycles. The van der Waals surface area contributed by atoms with E-state index in [9.17, 15) is 9.59 Å². The van der Waals surface area contributed by atoms with Crippen LogP contribution < -0.4 is 15.0 Å². The lowest BCUT2D eigenvalue weighted by Gasteiger charge is -2.18. The van der Waals surface area contributed by atoms with Gasteiger partial charge < -0.3 is 19.7 Å². The van der Waals surface area contributed by atoms with E-state index in [-0.39, 0.29) is 11.9 Å². The van der Waals surface area contributed by atoms with Crippen molar-refractivity contribution in [2.45, 2.75) is 45.4 Å². The molecule has 1 aliphatic carbocycles. The number of fused-ring (bicyclic) bond motifs is 1. The standard InChI is InChI=1S/C20H23NO4.C11H15N/c1-3-24-19(22)10-7-15-25-18-13-11-17(12-14-18)21(2)20(23)16-8-5-4-6-9-16;1-12-11-8-4-6-9-5-2-3-7-10(9)11/h4-6,8-9,11-14H,3,7,10,15H2,1-2H3;4,6,8,12H,2-3,5,7H2,1H3. The number of rotatable bonds is 9. The Labute approximate surface area is 220 Å². The Balaban J connectivity index is 0.000000262. The summed E-state index contributed by atoms with van der Waals surface area (Å²) in [6, 6.07) is 23.0. The quantitative estimate of drug-likeness (QED) is 0.275. The average molecular weight is 503 g/mol. The van der Waals surface area contributed by atoms with E-state index in [0.717, 1.165) is 5.69 Å². The first-order chi connectivity index (χ1) is 18.0. The summed E-state index contributed by atoms with van der Waals surface area (Å²) >= 11 is 0. The van der Waals surface area contributed by atoms with Gasteiger partial charge in [0.2, 0.25) is 0 Å². The number of amides is 1. The normalized spacial score (nSPS) is 11.9. The van der Waals surface area contributed by atoms with Crippen molar-refractivity contribution < 1.29 is 19.1 Å². The zero-order valence-electron chi connectivity index (χ0n) is 22.2. The third-order valence-corrected chi connectivity index (χ3v) is 6.31. The van der Waals surface area contributed by atoms with Gasteiger partial charge in [-0.3, -0.25) is 9.59 Å². The second-order valence-corrected chi connectivity index (χ2v) is 8.88. The zero-order chi connectivity index (χ0) is 26.5. The van der Waals surface area contributed by atoms with Crippen LogP contribution in [0.4, 0.5) is 11.4 Å². The molecule has 0 bridgehead atoms. The van der Waals surface area contributed by atoms with Crippen molar-refractivity contribution in [2.75, 3.05) is 37.5 Å². The van der Waals surface area contributed by atoms with Crippen LogP contribution in [0.5, 0.6) is 5.75 Å². The van der Waals surface area contributed by atoms with Gasteiger partial charge in [0.15, 0.2) is 0 Å². The van der Waals surface area contributed by atoms with Gasteiger partial charge in [-0.05, 0) is 92.6 Å². The molecule has 0 radical (unpaired) electrons. The zero-order valence-corrected chi connectivity index (χ0v) is 22.2. The lowest BCUT2D eigenvalue weighted by atomic mass is 9.90. The Morgan fingerprint density at radius 2 is 1.65 bits per heavy atom. The first-order valence-corrected chi connectivity index (χ1v) is 13.0. The summed E-state index contributed by atoms with van der Waals surface area (Å²) in [5.41, 5.74) is 5.85. The molecule has 3 aromatic carbocycles. The Morgan fingerprint density at radius 1 is 0.919 bits per heavy atom. The molecule has 0 atom stereocenters. The molecule has 0 aromatic heterocycles. The Bertz CT molecular complexity index is 1120. The van der Waals surface area contributed by atoms with E-state index in [0.29, 0.717) is 37.4 Å².